The number of nitro benzene ring substituents is 1. The summed E-state index contributed by atoms with van der Waals surface area (Å²) in [6.07, 6.45) is -1.36. The van der Waals surface area contributed by atoms with Crippen molar-refractivity contribution in [3.05, 3.63) is 64.2 Å². The van der Waals surface area contributed by atoms with E-state index in [2.05, 4.69) is 0 Å². The quantitative estimate of drug-likeness (QED) is 0.639. The van der Waals surface area contributed by atoms with Crippen molar-refractivity contribution in [2.24, 2.45) is 0 Å². The van der Waals surface area contributed by atoms with E-state index in [1.54, 1.807) is 0 Å². The molecule has 0 spiro atoms. The first-order valence-electron chi connectivity index (χ1n) is 6.63. The summed E-state index contributed by atoms with van der Waals surface area (Å²) < 4.78 is 29.6. The first-order chi connectivity index (χ1) is 10.8. The van der Waals surface area contributed by atoms with Crippen LogP contribution in [-0.4, -0.2) is 31.3 Å². The smallest absolute Gasteiger partial charge is 0.269 e. The van der Waals surface area contributed by atoms with Gasteiger partial charge in [0.15, 0.2) is 9.84 Å². The minimum atomic E-state index is -3.74. The third-order valence-electron chi connectivity index (χ3n) is 3.26. The van der Waals surface area contributed by atoms with Crippen molar-refractivity contribution in [2.75, 3.05) is 12.9 Å². The largest absolute Gasteiger partial charge is 0.497 e. The zero-order chi connectivity index (χ0) is 17.0. The van der Waals surface area contributed by atoms with E-state index in [0.29, 0.717) is 5.75 Å². The van der Waals surface area contributed by atoms with Crippen molar-refractivity contribution in [3.8, 4) is 5.75 Å². The van der Waals surface area contributed by atoms with E-state index in [0.717, 1.165) is 6.07 Å². The molecule has 1 unspecified atom stereocenters. The molecule has 0 amide bonds. The van der Waals surface area contributed by atoms with Gasteiger partial charge in [-0.25, -0.2) is 8.42 Å². The van der Waals surface area contributed by atoms with Crippen LogP contribution in [0.2, 0.25) is 0 Å². The zero-order valence-electron chi connectivity index (χ0n) is 12.2. The molecular formula is C15H15NO6S. The van der Waals surface area contributed by atoms with Gasteiger partial charge in [-0.1, -0.05) is 12.1 Å². The molecule has 2 aromatic carbocycles. The summed E-state index contributed by atoms with van der Waals surface area (Å²) in [7, 11) is -2.27. The number of methoxy groups -OCH3 is 1. The van der Waals surface area contributed by atoms with E-state index in [1.165, 1.54) is 49.6 Å². The fourth-order valence-electron chi connectivity index (χ4n) is 2.03. The van der Waals surface area contributed by atoms with Gasteiger partial charge in [0, 0.05) is 12.1 Å². The third-order valence-corrected chi connectivity index (χ3v) is 5.01. The molecule has 23 heavy (non-hydrogen) atoms. The highest BCUT2D eigenvalue weighted by molar-refractivity contribution is 7.91. The highest BCUT2D eigenvalue weighted by Crippen LogP contribution is 2.24. The van der Waals surface area contributed by atoms with E-state index in [1.807, 2.05) is 0 Å². The lowest BCUT2D eigenvalue weighted by Crippen LogP contribution is -2.15. The summed E-state index contributed by atoms with van der Waals surface area (Å²) in [5.41, 5.74) is -0.0281. The van der Waals surface area contributed by atoms with Gasteiger partial charge in [-0.05, 0) is 29.8 Å². The summed E-state index contributed by atoms with van der Waals surface area (Å²) >= 11 is 0. The van der Waals surface area contributed by atoms with Gasteiger partial charge in [0.05, 0.1) is 28.8 Å². The Morgan fingerprint density at radius 1 is 1.22 bits per heavy atom. The zero-order valence-corrected chi connectivity index (χ0v) is 13.1. The highest BCUT2D eigenvalue weighted by Gasteiger charge is 2.22. The van der Waals surface area contributed by atoms with Crippen LogP contribution in [0, 0.1) is 10.1 Å². The van der Waals surface area contributed by atoms with Gasteiger partial charge >= 0.3 is 0 Å². The van der Waals surface area contributed by atoms with Gasteiger partial charge in [0.1, 0.15) is 5.75 Å². The topological polar surface area (TPSA) is 107 Å². The molecule has 0 saturated heterocycles. The van der Waals surface area contributed by atoms with Crippen LogP contribution in [0.3, 0.4) is 0 Å². The van der Waals surface area contributed by atoms with Crippen LogP contribution in [0.15, 0.2) is 53.4 Å². The Labute approximate surface area is 133 Å². The van der Waals surface area contributed by atoms with E-state index >= 15 is 0 Å². The minimum absolute atomic E-state index is 0.0442. The molecule has 2 rings (SSSR count). The van der Waals surface area contributed by atoms with Crippen LogP contribution < -0.4 is 4.74 Å². The number of non-ortho nitro benzene ring substituents is 1. The second-order valence-corrected chi connectivity index (χ2v) is 6.86. The standard InChI is InChI=1S/C15H15NO6S/c1-22-13-5-7-14(8-6-13)23(20,21)10-15(17)11-3-2-4-12(9-11)16(18)19/h2-9,15,17H,10H2,1H3. The van der Waals surface area contributed by atoms with Gasteiger partial charge < -0.3 is 9.84 Å². The lowest BCUT2D eigenvalue weighted by molar-refractivity contribution is -0.385. The number of rotatable bonds is 6. The van der Waals surface area contributed by atoms with Gasteiger partial charge in [-0.3, -0.25) is 10.1 Å². The predicted molar refractivity (Wildman–Crippen MR) is 83.1 cm³/mol. The molecule has 122 valence electrons. The fraction of sp³-hybridized carbons (Fsp3) is 0.200. The molecule has 0 bridgehead atoms. The number of hydrogen-bond acceptors (Lipinski definition) is 6. The summed E-state index contributed by atoms with van der Waals surface area (Å²) in [4.78, 5) is 10.2. The number of hydrogen-bond donors (Lipinski definition) is 1. The lowest BCUT2D eigenvalue weighted by Gasteiger charge is -2.12. The average Bonchev–Trinajstić information content (AvgIpc) is 2.54. The van der Waals surface area contributed by atoms with E-state index < -0.39 is 26.6 Å². The Balaban J connectivity index is 2.22. The number of nitro groups is 1. The van der Waals surface area contributed by atoms with Crippen LogP contribution in [0.5, 0.6) is 5.75 Å². The van der Waals surface area contributed by atoms with Crippen LogP contribution in [0.25, 0.3) is 0 Å². The molecule has 0 saturated carbocycles. The summed E-state index contributed by atoms with van der Waals surface area (Å²) in [6.45, 7) is 0. The maximum Gasteiger partial charge on any atom is 0.269 e. The van der Waals surface area contributed by atoms with Gasteiger partial charge in [-0.2, -0.15) is 0 Å². The molecule has 0 aliphatic heterocycles. The molecule has 0 radical (unpaired) electrons. The fourth-order valence-corrected chi connectivity index (χ4v) is 3.38. The average molecular weight is 337 g/mol. The molecule has 0 fully saturated rings. The molecular weight excluding hydrogens is 322 g/mol. The van der Waals surface area contributed by atoms with Crippen molar-refractivity contribution < 1.29 is 23.2 Å². The monoisotopic (exact) mass is 337 g/mol. The van der Waals surface area contributed by atoms with E-state index in [-0.39, 0.29) is 16.1 Å². The minimum Gasteiger partial charge on any atom is -0.497 e. The van der Waals surface area contributed by atoms with Gasteiger partial charge in [-0.15, -0.1) is 0 Å². The Morgan fingerprint density at radius 2 is 1.87 bits per heavy atom. The van der Waals surface area contributed by atoms with Crippen molar-refractivity contribution in [2.45, 2.75) is 11.0 Å². The number of aliphatic hydroxyl groups is 1. The second kappa shape index (κ2) is 6.76. The molecule has 0 aromatic heterocycles. The van der Waals surface area contributed by atoms with Crippen LogP contribution in [-0.2, 0) is 9.84 Å². The predicted octanol–water partition coefficient (Wildman–Crippen LogP) is 2.11. The van der Waals surface area contributed by atoms with Crippen molar-refractivity contribution in [1.82, 2.24) is 0 Å². The van der Waals surface area contributed by atoms with E-state index in [4.69, 9.17) is 4.74 Å². The number of aliphatic hydroxyl groups excluding tert-OH is 1. The van der Waals surface area contributed by atoms with Crippen molar-refractivity contribution in [1.29, 1.82) is 0 Å². The van der Waals surface area contributed by atoms with Gasteiger partial charge in [0.2, 0.25) is 0 Å². The molecule has 0 heterocycles. The Kier molecular flexibility index (Phi) is 4.97. The SMILES string of the molecule is COc1ccc(S(=O)(=O)CC(O)c2cccc([N+](=O)[O-])c2)cc1. The first kappa shape index (κ1) is 16.9. The third kappa shape index (κ3) is 4.05. The number of ether oxygens (including phenoxy) is 1. The second-order valence-electron chi connectivity index (χ2n) is 4.82. The highest BCUT2D eigenvalue weighted by atomic mass is 32.2. The maximum absolute atomic E-state index is 12.3. The molecule has 0 aliphatic rings. The number of benzene rings is 2. The van der Waals surface area contributed by atoms with Crippen LogP contribution in [0.4, 0.5) is 5.69 Å². The van der Waals surface area contributed by atoms with Crippen LogP contribution >= 0.6 is 0 Å². The Bertz CT molecular complexity index is 801. The van der Waals surface area contributed by atoms with Gasteiger partial charge in [0.25, 0.3) is 5.69 Å². The van der Waals surface area contributed by atoms with E-state index in [9.17, 15) is 23.6 Å². The molecule has 7 nitrogen and oxygen atoms in total. The molecule has 2 aromatic rings. The summed E-state index contributed by atoms with van der Waals surface area (Å²) in [5, 5.41) is 20.8. The Morgan fingerprint density at radius 3 is 2.43 bits per heavy atom. The van der Waals surface area contributed by atoms with Crippen LogP contribution in [0.1, 0.15) is 11.7 Å². The normalized spacial score (nSPS) is 12.6. The lowest BCUT2D eigenvalue weighted by atomic mass is 10.1. The molecule has 8 heteroatoms. The molecule has 1 N–H and O–H groups in total. The van der Waals surface area contributed by atoms with Crippen molar-refractivity contribution >= 4 is 15.5 Å². The van der Waals surface area contributed by atoms with Crippen molar-refractivity contribution in [3.63, 3.8) is 0 Å². The number of sulfone groups is 1. The number of nitrogens with zero attached hydrogens (tertiary/aromatic N) is 1. The maximum atomic E-state index is 12.3. The summed E-state index contributed by atoms with van der Waals surface area (Å²) in [6, 6.07) is 11.1. The summed E-state index contributed by atoms with van der Waals surface area (Å²) in [5.74, 6) is -0.0521. The molecule has 0 aliphatic carbocycles. The first-order valence-corrected chi connectivity index (χ1v) is 8.28. The Hall–Kier alpha value is -2.45. The molecule has 1 atom stereocenters.